The van der Waals surface area contributed by atoms with Gasteiger partial charge >= 0.3 is 0 Å². The monoisotopic (exact) mass is 200 g/mol. The molecule has 1 radical (unpaired) electrons. The lowest BCUT2D eigenvalue weighted by Crippen LogP contribution is -1.96. The van der Waals surface area contributed by atoms with Crippen molar-refractivity contribution in [2.75, 3.05) is 0 Å². The van der Waals surface area contributed by atoms with E-state index < -0.39 is 11.0 Å². The third kappa shape index (κ3) is 3.54. The Morgan fingerprint density at radius 2 is 1.92 bits per heavy atom. The van der Waals surface area contributed by atoms with Crippen molar-refractivity contribution in [3.63, 3.8) is 0 Å². The zero-order chi connectivity index (χ0) is 9.68. The first-order chi connectivity index (χ1) is 6.22. The largest absolute Gasteiger partial charge is 0.326 e. The van der Waals surface area contributed by atoms with Crippen LogP contribution in [0.15, 0.2) is 24.3 Å². The van der Waals surface area contributed by atoms with Crippen LogP contribution in [-0.4, -0.2) is 8.42 Å². The standard InChI is InChI=1S/C8H10NO3S/c9-5-7-1-3-8(4-2-7)6-12-13(10)11/h1-4,6,13H,5,9H2. The summed E-state index contributed by atoms with van der Waals surface area (Å²) in [5, 5.41) is 0. The number of nitrogens with two attached hydrogens (primary N) is 1. The molecule has 0 amide bonds. The fraction of sp³-hybridized carbons (Fsp3) is 0.125. The second kappa shape index (κ2) is 4.96. The Bertz CT molecular complexity index is 324. The van der Waals surface area contributed by atoms with Gasteiger partial charge in [-0.3, -0.25) is 4.18 Å². The van der Waals surface area contributed by atoms with Gasteiger partial charge in [0, 0.05) is 6.54 Å². The first-order valence-electron chi connectivity index (χ1n) is 3.66. The van der Waals surface area contributed by atoms with Crippen LogP contribution < -0.4 is 5.73 Å². The Balaban J connectivity index is 2.59. The molecule has 0 saturated carbocycles. The topological polar surface area (TPSA) is 69.4 Å². The lowest BCUT2D eigenvalue weighted by molar-refractivity contribution is 0.429. The molecule has 13 heavy (non-hydrogen) atoms. The van der Waals surface area contributed by atoms with Crippen molar-refractivity contribution in [3.8, 4) is 0 Å². The summed E-state index contributed by atoms with van der Waals surface area (Å²) in [7, 11) is -2.82. The first-order valence-corrected chi connectivity index (χ1v) is 4.75. The summed E-state index contributed by atoms with van der Waals surface area (Å²) in [4.78, 5) is 0. The van der Waals surface area contributed by atoms with Gasteiger partial charge < -0.3 is 5.73 Å². The van der Waals surface area contributed by atoms with E-state index in [1.54, 1.807) is 12.1 Å². The highest BCUT2D eigenvalue weighted by Crippen LogP contribution is 2.06. The van der Waals surface area contributed by atoms with Crippen LogP contribution in [0.5, 0.6) is 0 Å². The fourth-order valence-electron chi connectivity index (χ4n) is 0.836. The summed E-state index contributed by atoms with van der Waals surface area (Å²) in [5.74, 6) is 0. The minimum Gasteiger partial charge on any atom is -0.326 e. The molecule has 0 bridgehead atoms. The minimum absolute atomic E-state index is 0.469. The van der Waals surface area contributed by atoms with E-state index in [1.165, 1.54) is 6.61 Å². The maximum Gasteiger partial charge on any atom is 0.257 e. The van der Waals surface area contributed by atoms with Crippen molar-refractivity contribution in [1.82, 2.24) is 0 Å². The van der Waals surface area contributed by atoms with Crippen LogP contribution in [0, 0.1) is 6.61 Å². The lowest BCUT2D eigenvalue weighted by atomic mass is 10.1. The van der Waals surface area contributed by atoms with E-state index >= 15 is 0 Å². The molecule has 1 aromatic rings. The van der Waals surface area contributed by atoms with E-state index in [0.29, 0.717) is 12.1 Å². The second-order valence-electron chi connectivity index (χ2n) is 2.39. The summed E-state index contributed by atoms with van der Waals surface area (Å²) < 4.78 is 24.4. The van der Waals surface area contributed by atoms with Crippen molar-refractivity contribution in [2.24, 2.45) is 5.73 Å². The number of thiol groups is 1. The van der Waals surface area contributed by atoms with Gasteiger partial charge in [-0.15, -0.1) is 0 Å². The van der Waals surface area contributed by atoms with Gasteiger partial charge in [0.1, 0.15) is 6.61 Å². The molecule has 0 heterocycles. The van der Waals surface area contributed by atoms with Crippen LogP contribution >= 0.6 is 0 Å². The van der Waals surface area contributed by atoms with E-state index in [4.69, 9.17) is 5.73 Å². The van der Waals surface area contributed by atoms with Gasteiger partial charge in [-0.1, -0.05) is 24.3 Å². The molecule has 0 fully saturated rings. The quantitative estimate of drug-likeness (QED) is 0.681. The molecule has 0 atom stereocenters. The molecule has 1 rings (SSSR count). The fourth-order valence-corrected chi connectivity index (χ4v) is 1.04. The van der Waals surface area contributed by atoms with Gasteiger partial charge in [-0.2, -0.15) is 0 Å². The third-order valence-corrected chi connectivity index (χ3v) is 1.77. The van der Waals surface area contributed by atoms with Crippen LogP contribution in [0.3, 0.4) is 0 Å². The minimum atomic E-state index is -2.82. The predicted molar refractivity (Wildman–Crippen MR) is 49.1 cm³/mol. The Kier molecular flexibility index (Phi) is 3.88. The number of hydrogen-bond acceptors (Lipinski definition) is 4. The van der Waals surface area contributed by atoms with Gasteiger partial charge in [0.2, 0.25) is 0 Å². The third-order valence-electron chi connectivity index (χ3n) is 1.49. The number of benzene rings is 1. The van der Waals surface area contributed by atoms with Crippen molar-refractivity contribution >= 4 is 11.0 Å². The van der Waals surface area contributed by atoms with Crippen LogP contribution in [0.4, 0.5) is 0 Å². The SMILES string of the molecule is NCc1ccc([CH]O[SH](=O)=O)cc1. The molecule has 0 aliphatic carbocycles. The van der Waals surface area contributed by atoms with E-state index in [0.717, 1.165) is 5.56 Å². The van der Waals surface area contributed by atoms with Crippen molar-refractivity contribution in [3.05, 3.63) is 42.0 Å². The van der Waals surface area contributed by atoms with Crippen LogP contribution in [0.25, 0.3) is 0 Å². The average molecular weight is 200 g/mol. The number of rotatable bonds is 4. The molecule has 1 aromatic carbocycles. The molecule has 0 unspecified atom stereocenters. The molecule has 0 aromatic heterocycles. The van der Waals surface area contributed by atoms with Crippen molar-refractivity contribution in [1.29, 1.82) is 0 Å². The average Bonchev–Trinajstić information content (AvgIpc) is 2.15. The zero-order valence-corrected chi connectivity index (χ0v) is 7.74. The van der Waals surface area contributed by atoms with Crippen LogP contribution in [0.2, 0.25) is 0 Å². The molecule has 0 saturated heterocycles. The summed E-state index contributed by atoms with van der Waals surface area (Å²) >= 11 is 0. The number of hydrogen-bond donors (Lipinski definition) is 2. The van der Waals surface area contributed by atoms with Crippen LogP contribution in [-0.2, 0) is 21.7 Å². The maximum atomic E-state index is 10.1. The first kappa shape index (κ1) is 10.2. The Hall–Kier alpha value is -0.910. The van der Waals surface area contributed by atoms with Gasteiger partial charge in [0.15, 0.2) is 0 Å². The highest BCUT2D eigenvalue weighted by molar-refractivity contribution is 7.67. The summed E-state index contributed by atoms with van der Waals surface area (Å²) in [6.45, 7) is 1.64. The van der Waals surface area contributed by atoms with Gasteiger partial charge in [-0.05, 0) is 11.1 Å². The highest BCUT2D eigenvalue weighted by Gasteiger charge is 1.95. The molecular formula is C8H10NO3S. The van der Waals surface area contributed by atoms with Crippen molar-refractivity contribution in [2.45, 2.75) is 6.54 Å². The maximum absolute atomic E-state index is 10.1. The van der Waals surface area contributed by atoms with Gasteiger partial charge in [0.05, 0.1) is 0 Å². The molecule has 4 nitrogen and oxygen atoms in total. The van der Waals surface area contributed by atoms with E-state index in [1.807, 2.05) is 12.1 Å². The lowest BCUT2D eigenvalue weighted by Gasteiger charge is -1.98. The normalized spacial score (nSPS) is 10.6. The molecule has 0 aliphatic heterocycles. The Morgan fingerprint density at radius 1 is 1.31 bits per heavy atom. The van der Waals surface area contributed by atoms with E-state index in [2.05, 4.69) is 4.18 Å². The predicted octanol–water partition coefficient (Wildman–Crippen LogP) is 0.198. The zero-order valence-electron chi connectivity index (χ0n) is 6.84. The summed E-state index contributed by atoms with van der Waals surface area (Å²) in [6, 6.07) is 7.10. The van der Waals surface area contributed by atoms with E-state index in [9.17, 15) is 8.42 Å². The van der Waals surface area contributed by atoms with Crippen LogP contribution in [0.1, 0.15) is 11.1 Å². The molecule has 2 N–H and O–H groups in total. The highest BCUT2D eigenvalue weighted by atomic mass is 32.2. The van der Waals surface area contributed by atoms with Crippen molar-refractivity contribution < 1.29 is 12.6 Å². The summed E-state index contributed by atoms with van der Waals surface area (Å²) in [6.07, 6.45) is 0. The Morgan fingerprint density at radius 3 is 2.38 bits per heavy atom. The summed E-state index contributed by atoms with van der Waals surface area (Å²) in [5.41, 5.74) is 7.06. The molecule has 71 valence electrons. The van der Waals surface area contributed by atoms with Gasteiger partial charge in [0.25, 0.3) is 11.0 Å². The smallest absolute Gasteiger partial charge is 0.257 e. The molecular weight excluding hydrogens is 190 g/mol. The van der Waals surface area contributed by atoms with Gasteiger partial charge in [-0.25, -0.2) is 8.42 Å². The molecule has 0 aliphatic rings. The second-order valence-corrected chi connectivity index (χ2v) is 3.05. The van der Waals surface area contributed by atoms with E-state index in [-0.39, 0.29) is 0 Å². The molecule has 5 heteroatoms. The molecule has 0 spiro atoms. The Labute approximate surface area is 78.5 Å².